The molecule has 0 aliphatic carbocycles. The third kappa shape index (κ3) is 2.82. The maximum Gasteiger partial charge on any atom is 0.154 e. The van der Waals surface area contributed by atoms with Gasteiger partial charge < -0.3 is 0 Å². The van der Waals surface area contributed by atoms with Crippen LogP contribution >= 0.6 is 0 Å². The van der Waals surface area contributed by atoms with Crippen LogP contribution in [0.3, 0.4) is 0 Å². The molecule has 0 heterocycles. The van der Waals surface area contributed by atoms with E-state index in [0.717, 1.165) is 0 Å². The van der Waals surface area contributed by atoms with Gasteiger partial charge in [-0.05, 0) is 0 Å². The summed E-state index contributed by atoms with van der Waals surface area (Å²) in [7, 11) is 0. The number of ketones is 2. The van der Waals surface area contributed by atoms with E-state index in [0.29, 0.717) is 0 Å². The summed E-state index contributed by atoms with van der Waals surface area (Å²) >= 11 is 0. The molecule has 0 N–H and O–H groups in total. The van der Waals surface area contributed by atoms with E-state index < -0.39 is 43.4 Å². The summed E-state index contributed by atoms with van der Waals surface area (Å²) in [6.07, 6.45) is -0.485. The Labute approximate surface area is 80.5 Å². The van der Waals surface area contributed by atoms with Crippen molar-refractivity contribution in [2.45, 2.75) is 19.8 Å². The lowest BCUT2D eigenvalue weighted by molar-refractivity contribution is -0.135. The second-order valence-corrected chi connectivity index (χ2v) is 3.17. The number of carbonyl (C=O) groups is 2. The molecule has 0 saturated heterocycles. The van der Waals surface area contributed by atoms with Gasteiger partial charge >= 0.3 is 0 Å². The Morgan fingerprint density at radius 1 is 1.07 bits per heavy atom. The van der Waals surface area contributed by atoms with Crippen LogP contribution in [0.4, 0.5) is 13.2 Å². The molecule has 0 radical (unpaired) electrons. The van der Waals surface area contributed by atoms with Crippen molar-refractivity contribution in [1.82, 2.24) is 0 Å². The number of hydrogen-bond acceptors (Lipinski definition) is 2. The first kappa shape index (κ1) is 13.1. The summed E-state index contributed by atoms with van der Waals surface area (Å²) in [6.45, 7) is -2.70. The highest BCUT2D eigenvalue weighted by Gasteiger charge is 2.39. The van der Waals surface area contributed by atoms with Crippen LogP contribution in [0.5, 0.6) is 0 Å². The summed E-state index contributed by atoms with van der Waals surface area (Å²) in [4.78, 5) is 22.0. The SMILES string of the molecule is CCC(=O)CC(=O)C(CF)(CF)CF. The molecule has 0 amide bonds. The monoisotopic (exact) mass is 210 g/mol. The lowest BCUT2D eigenvalue weighted by Gasteiger charge is -2.21. The van der Waals surface area contributed by atoms with Gasteiger partial charge in [-0.3, -0.25) is 9.59 Å². The minimum atomic E-state index is -2.25. The van der Waals surface area contributed by atoms with Crippen molar-refractivity contribution in [2.75, 3.05) is 20.0 Å². The molecule has 0 aliphatic heterocycles. The number of alkyl halides is 3. The first-order valence-electron chi connectivity index (χ1n) is 4.29. The van der Waals surface area contributed by atoms with Gasteiger partial charge in [-0.25, -0.2) is 13.2 Å². The highest BCUT2D eigenvalue weighted by atomic mass is 19.1. The second kappa shape index (κ2) is 5.78. The number of rotatable bonds is 7. The van der Waals surface area contributed by atoms with Crippen molar-refractivity contribution < 1.29 is 22.8 Å². The maximum atomic E-state index is 12.3. The zero-order chi connectivity index (χ0) is 11.2. The van der Waals surface area contributed by atoms with Crippen LogP contribution in [0, 0.1) is 5.41 Å². The minimum absolute atomic E-state index is 0.104. The predicted octanol–water partition coefficient (Wildman–Crippen LogP) is 1.82. The molecule has 0 saturated carbocycles. The average molecular weight is 210 g/mol. The van der Waals surface area contributed by atoms with Crippen molar-refractivity contribution in [3.63, 3.8) is 0 Å². The van der Waals surface area contributed by atoms with Gasteiger partial charge in [0.15, 0.2) is 5.78 Å². The van der Waals surface area contributed by atoms with Gasteiger partial charge in [0.1, 0.15) is 31.2 Å². The summed E-state index contributed by atoms with van der Waals surface area (Å²) in [5, 5.41) is 0. The Bertz CT molecular complexity index is 204. The molecule has 0 unspecified atom stereocenters. The molecule has 0 aromatic rings. The predicted molar refractivity (Wildman–Crippen MR) is 45.3 cm³/mol. The van der Waals surface area contributed by atoms with Gasteiger partial charge in [-0.15, -0.1) is 0 Å². The van der Waals surface area contributed by atoms with E-state index in [1.807, 2.05) is 0 Å². The third-order valence-electron chi connectivity index (χ3n) is 2.11. The first-order valence-corrected chi connectivity index (χ1v) is 4.29. The van der Waals surface area contributed by atoms with E-state index >= 15 is 0 Å². The molecule has 5 heteroatoms. The summed E-state index contributed by atoms with van der Waals surface area (Å²) in [6, 6.07) is 0. The molecule has 82 valence electrons. The number of hydrogen-bond donors (Lipinski definition) is 0. The molecule has 0 aromatic heterocycles. The lowest BCUT2D eigenvalue weighted by atomic mass is 9.85. The van der Waals surface area contributed by atoms with Crippen LogP contribution in [-0.2, 0) is 9.59 Å². The van der Waals surface area contributed by atoms with Gasteiger partial charge in [0.2, 0.25) is 0 Å². The Hall–Kier alpha value is -0.870. The van der Waals surface area contributed by atoms with E-state index in [4.69, 9.17) is 0 Å². The quantitative estimate of drug-likeness (QED) is 0.600. The third-order valence-corrected chi connectivity index (χ3v) is 2.11. The van der Waals surface area contributed by atoms with Crippen LogP contribution in [0.25, 0.3) is 0 Å². The molecule has 0 rings (SSSR count). The summed E-state index contributed by atoms with van der Waals surface area (Å²) in [5.41, 5.74) is -2.25. The number of halogens is 3. The fraction of sp³-hybridized carbons (Fsp3) is 0.778. The normalized spacial score (nSPS) is 11.4. The molecule has 0 bridgehead atoms. The van der Waals surface area contributed by atoms with E-state index in [1.165, 1.54) is 6.92 Å². The Balaban J connectivity index is 4.52. The zero-order valence-corrected chi connectivity index (χ0v) is 7.99. The fourth-order valence-corrected chi connectivity index (χ4v) is 0.822. The molecule has 0 aromatic carbocycles. The maximum absolute atomic E-state index is 12.3. The lowest BCUT2D eigenvalue weighted by Crippen LogP contribution is -2.39. The number of carbonyl (C=O) groups excluding carboxylic acids is 2. The standard InChI is InChI=1S/C9H13F3O2/c1-2-7(13)3-8(14)9(4-10,5-11)6-12/h2-6H2,1H3. The molecular formula is C9H13F3O2. The smallest absolute Gasteiger partial charge is 0.154 e. The highest BCUT2D eigenvalue weighted by Crippen LogP contribution is 2.23. The van der Waals surface area contributed by atoms with E-state index in [2.05, 4.69) is 0 Å². The van der Waals surface area contributed by atoms with Crippen molar-refractivity contribution in [3.8, 4) is 0 Å². The molecular weight excluding hydrogens is 197 g/mol. The fourth-order valence-electron chi connectivity index (χ4n) is 0.822. The van der Waals surface area contributed by atoms with E-state index in [-0.39, 0.29) is 6.42 Å². The molecule has 0 spiro atoms. The summed E-state index contributed by atoms with van der Waals surface area (Å²) < 4.78 is 36.9. The van der Waals surface area contributed by atoms with Gasteiger partial charge in [0.05, 0.1) is 6.42 Å². The van der Waals surface area contributed by atoms with Crippen LogP contribution in [0.15, 0.2) is 0 Å². The van der Waals surface area contributed by atoms with Gasteiger partial charge in [0.25, 0.3) is 0 Å². The van der Waals surface area contributed by atoms with Crippen LogP contribution in [0.2, 0.25) is 0 Å². The summed E-state index contributed by atoms with van der Waals surface area (Å²) in [5.74, 6) is -1.42. The van der Waals surface area contributed by atoms with E-state index in [9.17, 15) is 22.8 Å². The average Bonchev–Trinajstić information content (AvgIpc) is 2.21. The van der Waals surface area contributed by atoms with Crippen molar-refractivity contribution in [1.29, 1.82) is 0 Å². The molecule has 2 nitrogen and oxygen atoms in total. The second-order valence-electron chi connectivity index (χ2n) is 3.17. The largest absolute Gasteiger partial charge is 0.299 e. The number of Topliss-reactive ketones (excluding diaryl/α,β-unsaturated/α-hetero) is 2. The molecule has 0 atom stereocenters. The Kier molecular flexibility index (Phi) is 5.42. The Morgan fingerprint density at radius 2 is 1.50 bits per heavy atom. The molecule has 14 heavy (non-hydrogen) atoms. The minimum Gasteiger partial charge on any atom is -0.299 e. The van der Waals surface area contributed by atoms with Crippen LogP contribution < -0.4 is 0 Å². The van der Waals surface area contributed by atoms with E-state index in [1.54, 1.807) is 0 Å². The molecule has 0 fully saturated rings. The van der Waals surface area contributed by atoms with Gasteiger partial charge in [-0.2, -0.15) is 0 Å². The van der Waals surface area contributed by atoms with Gasteiger partial charge in [0, 0.05) is 6.42 Å². The van der Waals surface area contributed by atoms with Crippen molar-refractivity contribution >= 4 is 11.6 Å². The molecule has 0 aliphatic rings. The highest BCUT2D eigenvalue weighted by molar-refractivity contribution is 6.01. The first-order chi connectivity index (χ1) is 6.56. The van der Waals surface area contributed by atoms with Gasteiger partial charge in [-0.1, -0.05) is 6.92 Å². The van der Waals surface area contributed by atoms with Crippen LogP contribution in [-0.4, -0.2) is 31.6 Å². The van der Waals surface area contributed by atoms with Crippen molar-refractivity contribution in [2.24, 2.45) is 5.41 Å². The van der Waals surface area contributed by atoms with Crippen LogP contribution in [0.1, 0.15) is 19.8 Å². The Morgan fingerprint density at radius 3 is 1.79 bits per heavy atom. The zero-order valence-electron chi connectivity index (χ0n) is 7.99. The van der Waals surface area contributed by atoms with Crippen molar-refractivity contribution in [3.05, 3.63) is 0 Å². The topological polar surface area (TPSA) is 34.1 Å².